The molecule has 0 saturated carbocycles. The quantitative estimate of drug-likeness (QED) is 0.699. The van der Waals surface area contributed by atoms with E-state index in [-0.39, 0.29) is 17.2 Å². The summed E-state index contributed by atoms with van der Waals surface area (Å²) in [5.41, 5.74) is 2.04. The average Bonchev–Trinajstić information content (AvgIpc) is 2.54. The number of para-hydroxylation sites is 1. The maximum atomic E-state index is 11.2. The lowest BCUT2D eigenvalue weighted by molar-refractivity contribution is 0.0697. The average molecular weight is 362 g/mol. The molecule has 0 radical (unpaired) electrons. The molecule has 24 heavy (non-hydrogen) atoms. The van der Waals surface area contributed by atoms with Crippen LogP contribution in [0.25, 0.3) is 10.9 Å². The van der Waals surface area contributed by atoms with Gasteiger partial charge >= 0.3 is 5.97 Å². The van der Waals surface area contributed by atoms with Gasteiger partial charge < -0.3 is 9.84 Å². The van der Waals surface area contributed by atoms with Gasteiger partial charge in [-0.25, -0.2) is 9.78 Å². The number of rotatable bonds is 4. The van der Waals surface area contributed by atoms with E-state index in [0.717, 1.165) is 16.6 Å². The third-order valence-electron chi connectivity index (χ3n) is 3.61. The van der Waals surface area contributed by atoms with Crippen LogP contribution in [0.3, 0.4) is 0 Å². The third-order valence-corrected chi connectivity index (χ3v) is 4.40. The van der Waals surface area contributed by atoms with E-state index in [0.29, 0.717) is 16.3 Å². The number of benzene rings is 2. The van der Waals surface area contributed by atoms with E-state index in [1.54, 1.807) is 6.07 Å². The number of fused-ring (bicyclic) bond motifs is 1. The molecule has 0 spiro atoms. The number of nitrogens with zero attached hydrogens (tertiary/aromatic N) is 1. The summed E-state index contributed by atoms with van der Waals surface area (Å²) >= 11 is 12.3. The summed E-state index contributed by atoms with van der Waals surface area (Å²) < 4.78 is 5.83. The number of aromatic nitrogens is 1. The second-order valence-corrected chi connectivity index (χ2v) is 6.05. The predicted octanol–water partition coefficient (Wildman–Crippen LogP) is 5.13. The molecule has 1 aromatic heterocycles. The van der Waals surface area contributed by atoms with Crippen molar-refractivity contribution in [2.75, 3.05) is 0 Å². The standard InChI is InChI=1S/C18H13Cl2NO3/c1-10-5-6-11-3-2-4-15(17(11)21-10)24-9-13-14(19)8-7-12(16(13)20)18(22)23/h2-8H,9H2,1H3,(H,22,23). The summed E-state index contributed by atoms with van der Waals surface area (Å²) in [5.74, 6) is -0.524. The van der Waals surface area contributed by atoms with Crippen molar-refractivity contribution in [1.82, 2.24) is 4.98 Å². The highest BCUT2D eigenvalue weighted by Crippen LogP contribution is 2.31. The minimum absolute atomic E-state index is 0.00782. The summed E-state index contributed by atoms with van der Waals surface area (Å²) in [6, 6.07) is 12.4. The van der Waals surface area contributed by atoms with Gasteiger partial charge in [0.05, 0.1) is 10.6 Å². The first-order chi connectivity index (χ1) is 11.5. The van der Waals surface area contributed by atoms with Crippen molar-refractivity contribution < 1.29 is 14.6 Å². The summed E-state index contributed by atoms with van der Waals surface area (Å²) in [6.45, 7) is 1.95. The van der Waals surface area contributed by atoms with Gasteiger partial charge in [-0.1, -0.05) is 41.4 Å². The highest BCUT2D eigenvalue weighted by Gasteiger charge is 2.16. The molecule has 0 aliphatic rings. The van der Waals surface area contributed by atoms with Gasteiger partial charge in [-0.2, -0.15) is 0 Å². The Hall–Kier alpha value is -2.30. The number of aryl methyl sites for hydroxylation is 1. The van der Waals surface area contributed by atoms with E-state index in [2.05, 4.69) is 4.98 Å². The van der Waals surface area contributed by atoms with Gasteiger partial charge in [0.15, 0.2) is 0 Å². The van der Waals surface area contributed by atoms with E-state index in [4.69, 9.17) is 33.0 Å². The van der Waals surface area contributed by atoms with Crippen LogP contribution in [0.1, 0.15) is 21.6 Å². The van der Waals surface area contributed by atoms with Crippen molar-refractivity contribution >= 4 is 40.1 Å². The zero-order valence-corrected chi connectivity index (χ0v) is 14.2. The molecule has 4 nitrogen and oxygen atoms in total. The smallest absolute Gasteiger partial charge is 0.337 e. The van der Waals surface area contributed by atoms with Gasteiger partial charge in [-0.3, -0.25) is 0 Å². The molecule has 0 bridgehead atoms. The molecule has 2 aromatic carbocycles. The third kappa shape index (κ3) is 3.16. The molecule has 0 unspecified atom stereocenters. The van der Waals surface area contributed by atoms with Crippen LogP contribution in [0, 0.1) is 6.92 Å². The number of carboxylic acid groups (broad SMARTS) is 1. The zero-order chi connectivity index (χ0) is 17.3. The Balaban J connectivity index is 1.96. The Bertz CT molecular complexity index is 941. The lowest BCUT2D eigenvalue weighted by Gasteiger charge is -2.12. The lowest BCUT2D eigenvalue weighted by Crippen LogP contribution is -2.04. The van der Waals surface area contributed by atoms with Gasteiger partial charge in [0, 0.05) is 21.7 Å². The van der Waals surface area contributed by atoms with Gasteiger partial charge in [-0.05, 0) is 31.2 Å². The molecule has 0 saturated heterocycles. The van der Waals surface area contributed by atoms with E-state index >= 15 is 0 Å². The van der Waals surface area contributed by atoms with Crippen molar-refractivity contribution in [3.05, 3.63) is 69.3 Å². The summed E-state index contributed by atoms with van der Waals surface area (Å²) in [4.78, 5) is 15.7. The molecule has 3 aromatic rings. The van der Waals surface area contributed by atoms with Crippen molar-refractivity contribution in [3.8, 4) is 5.75 Å². The van der Waals surface area contributed by atoms with Crippen LogP contribution in [-0.4, -0.2) is 16.1 Å². The fourth-order valence-electron chi connectivity index (χ4n) is 2.38. The fourth-order valence-corrected chi connectivity index (χ4v) is 2.94. The highest BCUT2D eigenvalue weighted by molar-refractivity contribution is 6.37. The molecule has 0 aliphatic heterocycles. The minimum Gasteiger partial charge on any atom is -0.487 e. The molecular formula is C18H13Cl2NO3. The zero-order valence-electron chi connectivity index (χ0n) is 12.7. The maximum absolute atomic E-state index is 11.2. The molecular weight excluding hydrogens is 349 g/mol. The van der Waals surface area contributed by atoms with Crippen LogP contribution in [0.5, 0.6) is 5.75 Å². The largest absolute Gasteiger partial charge is 0.487 e. The topological polar surface area (TPSA) is 59.4 Å². The number of ether oxygens (including phenoxy) is 1. The van der Waals surface area contributed by atoms with Crippen LogP contribution in [-0.2, 0) is 6.61 Å². The molecule has 0 aliphatic carbocycles. The molecule has 122 valence electrons. The second kappa shape index (κ2) is 6.67. The predicted molar refractivity (Wildman–Crippen MR) is 94.2 cm³/mol. The highest BCUT2D eigenvalue weighted by atomic mass is 35.5. The first kappa shape index (κ1) is 16.6. The number of hydrogen-bond acceptors (Lipinski definition) is 3. The van der Waals surface area contributed by atoms with Gasteiger partial charge in [0.25, 0.3) is 0 Å². The molecule has 0 amide bonds. The van der Waals surface area contributed by atoms with Crippen LogP contribution >= 0.6 is 23.2 Å². The Morgan fingerprint density at radius 3 is 2.71 bits per heavy atom. The van der Waals surface area contributed by atoms with Crippen LogP contribution < -0.4 is 4.74 Å². The number of pyridine rings is 1. The van der Waals surface area contributed by atoms with Crippen LogP contribution in [0.4, 0.5) is 0 Å². The van der Waals surface area contributed by atoms with Gasteiger partial charge in [-0.15, -0.1) is 0 Å². The van der Waals surface area contributed by atoms with E-state index < -0.39 is 5.97 Å². The number of hydrogen-bond donors (Lipinski definition) is 1. The van der Waals surface area contributed by atoms with E-state index in [9.17, 15) is 4.79 Å². The molecule has 0 atom stereocenters. The van der Waals surface area contributed by atoms with Crippen LogP contribution in [0.2, 0.25) is 10.0 Å². The van der Waals surface area contributed by atoms with Crippen molar-refractivity contribution in [1.29, 1.82) is 0 Å². The Labute approximate surface area is 148 Å². The summed E-state index contributed by atoms with van der Waals surface area (Å²) in [6.07, 6.45) is 0. The van der Waals surface area contributed by atoms with Crippen molar-refractivity contribution in [2.45, 2.75) is 13.5 Å². The monoisotopic (exact) mass is 361 g/mol. The maximum Gasteiger partial charge on any atom is 0.337 e. The first-order valence-corrected chi connectivity index (χ1v) is 7.92. The molecule has 0 fully saturated rings. The second-order valence-electron chi connectivity index (χ2n) is 5.26. The Kier molecular flexibility index (Phi) is 4.60. The first-order valence-electron chi connectivity index (χ1n) is 7.16. The summed E-state index contributed by atoms with van der Waals surface area (Å²) in [7, 11) is 0. The number of halogens is 2. The Morgan fingerprint density at radius 1 is 1.17 bits per heavy atom. The summed E-state index contributed by atoms with van der Waals surface area (Å²) in [5, 5.41) is 10.6. The van der Waals surface area contributed by atoms with E-state index in [1.807, 2.05) is 31.2 Å². The Morgan fingerprint density at radius 2 is 1.96 bits per heavy atom. The SMILES string of the molecule is Cc1ccc2cccc(OCc3c(Cl)ccc(C(=O)O)c3Cl)c2n1. The number of aromatic carboxylic acids is 1. The number of carbonyl (C=O) groups is 1. The van der Waals surface area contributed by atoms with Gasteiger partial charge in [0.1, 0.15) is 17.9 Å². The lowest BCUT2D eigenvalue weighted by atomic mass is 10.1. The fraction of sp³-hybridized carbons (Fsp3) is 0.111. The van der Waals surface area contributed by atoms with Crippen molar-refractivity contribution in [3.63, 3.8) is 0 Å². The molecule has 1 heterocycles. The van der Waals surface area contributed by atoms with Gasteiger partial charge in [0.2, 0.25) is 0 Å². The molecule has 6 heteroatoms. The number of carboxylic acids is 1. The molecule has 1 N–H and O–H groups in total. The minimum atomic E-state index is -1.11. The van der Waals surface area contributed by atoms with Crippen molar-refractivity contribution in [2.24, 2.45) is 0 Å². The van der Waals surface area contributed by atoms with E-state index in [1.165, 1.54) is 12.1 Å². The molecule has 3 rings (SSSR count). The van der Waals surface area contributed by atoms with Crippen LogP contribution in [0.15, 0.2) is 42.5 Å². The normalized spacial score (nSPS) is 10.8.